The number of rotatable bonds is 3. The van der Waals surface area contributed by atoms with Gasteiger partial charge in [0, 0.05) is 6.54 Å². The maximum absolute atomic E-state index is 12.6. The molecular formula is C15H15N3O2. The SMILES string of the molecule is COc1ncncc1N1CCC(c2ccccc2)C1=O. The number of carbonyl (C=O) groups is 1. The third-order valence-electron chi connectivity index (χ3n) is 3.55. The number of carbonyl (C=O) groups excluding carboxylic acids is 1. The first-order chi connectivity index (χ1) is 9.81. The fourth-order valence-corrected chi connectivity index (χ4v) is 2.57. The maximum atomic E-state index is 12.6. The third-order valence-corrected chi connectivity index (χ3v) is 3.55. The normalized spacial score (nSPS) is 18.4. The van der Waals surface area contributed by atoms with Crippen LogP contribution in [0.1, 0.15) is 17.9 Å². The van der Waals surface area contributed by atoms with Gasteiger partial charge < -0.3 is 9.64 Å². The van der Waals surface area contributed by atoms with E-state index in [1.165, 1.54) is 6.33 Å². The molecule has 2 aromatic rings. The number of methoxy groups -OCH3 is 1. The van der Waals surface area contributed by atoms with Gasteiger partial charge in [-0.3, -0.25) is 4.79 Å². The monoisotopic (exact) mass is 269 g/mol. The first-order valence-corrected chi connectivity index (χ1v) is 6.51. The van der Waals surface area contributed by atoms with E-state index in [-0.39, 0.29) is 11.8 Å². The minimum absolute atomic E-state index is 0.0734. The highest BCUT2D eigenvalue weighted by molar-refractivity contribution is 6.01. The van der Waals surface area contributed by atoms with Crippen LogP contribution in [0.25, 0.3) is 0 Å². The maximum Gasteiger partial charge on any atom is 0.240 e. The summed E-state index contributed by atoms with van der Waals surface area (Å²) in [7, 11) is 1.54. The van der Waals surface area contributed by atoms with E-state index in [9.17, 15) is 4.79 Å². The lowest BCUT2D eigenvalue weighted by Gasteiger charge is -2.18. The highest BCUT2D eigenvalue weighted by atomic mass is 16.5. The largest absolute Gasteiger partial charge is 0.479 e. The predicted molar refractivity (Wildman–Crippen MR) is 74.7 cm³/mol. The minimum atomic E-state index is -0.0962. The highest BCUT2D eigenvalue weighted by Gasteiger charge is 2.35. The van der Waals surface area contributed by atoms with Crippen LogP contribution in [-0.4, -0.2) is 29.5 Å². The summed E-state index contributed by atoms with van der Waals surface area (Å²) in [5.74, 6) is 0.410. The number of amides is 1. The van der Waals surface area contributed by atoms with Crippen molar-refractivity contribution in [1.82, 2.24) is 9.97 Å². The van der Waals surface area contributed by atoms with E-state index in [2.05, 4.69) is 9.97 Å². The first-order valence-electron chi connectivity index (χ1n) is 6.51. The predicted octanol–water partition coefficient (Wildman–Crippen LogP) is 2.01. The van der Waals surface area contributed by atoms with Crippen LogP contribution in [0, 0.1) is 0 Å². The second kappa shape index (κ2) is 5.28. The Balaban J connectivity index is 1.89. The summed E-state index contributed by atoms with van der Waals surface area (Å²) in [4.78, 5) is 22.3. The molecule has 1 atom stereocenters. The van der Waals surface area contributed by atoms with Crippen LogP contribution >= 0.6 is 0 Å². The van der Waals surface area contributed by atoms with Crippen molar-refractivity contribution >= 4 is 11.6 Å². The van der Waals surface area contributed by atoms with Gasteiger partial charge in [0.2, 0.25) is 11.8 Å². The van der Waals surface area contributed by atoms with Gasteiger partial charge in [-0.15, -0.1) is 0 Å². The summed E-state index contributed by atoms with van der Waals surface area (Å²) in [5.41, 5.74) is 1.69. The number of nitrogens with zero attached hydrogens (tertiary/aromatic N) is 3. The smallest absolute Gasteiger partial charge is 0.240 e. The molecule has 1 aliphatic rings. The summed E-state index contributed by atoms with van der Waals surface area (Å²) in [6.45, 7) is 0.655. The Morgan fingerprint density at radius 2 is 2.10 bits per heavy atom. The Hall–Kier alpha value is -2.43. The average Bonchev–Trinajstić information content (AvgIpc) is 2.89. The van der Waals surface area contributed by atoms with E-state index in [4.69, 9.17) is 4.74 Å². The van der Waals surface area contributed by atoms with E-state index >= 15 is 0 Å². The second-order valence-corrected chi connectivity index (χ2v) is 4.66. The Bertz CT molecular complexity index is 616. The molecule has 1 amide bonds. The van der Waals surface area contributed by atoms with Crippen molar-refractivity contribution in [2.45, 2.75) is 12.3 Å². The van der Waals surface area contributed by atoms with Gasteiger partial charge in [0.1, 0.15) is 12.0 Å². The van der Waals surface area contributed by atoms with E-state index in [1.807, 2.05) is 30.3 Å². The standard InChI is InChI=1S/C15H15N3O2/c1-20-14-13(9-16-10-17-14)18-8-7-12(15(18)19)11-5-3-2-4-6-11/h2-6,9-10,12H,7-8H2,1H3. The fraction of sp³-hybridized carbons (Fsp3) is 0.267. The Morgan fingerprint density at radius 3 is 2.85 bits per heavy atom. The molecule has 1 fully saturated rings. The summed E-state index contributed by atoms with van der Waals surface area (Å²) >= 11 is 0. The molecule has 0 radical (unpaired) electrons. The third kappa shape index (κ3) is 2.11. The topological polar surface area (TPSA) is 55.3 Å². The Labute approximate surface area is 117 Å². The van der Waals surface area contributed by atoms with E-state index < -0.39 is 0 Å². The van der Waals surface area contributed by atoms with Crippen LogP contribution in [0.2, 0.25) is 0 Å². The Morgan fingerprint density at radius 1 is 1.30 bits per heavy atom. The molecule has 1 aromatic carbocycles. The summed E-state index contributed by atoms with van der Waals surface area (Å²) in [5, 5.41) is 0. The van der Waals surface area contributed by atoms with E-state index in [0.717, 1.165) is 12.0 Å². The summed E-state index contributed by atoms with van der Waals surface area (Å²) in [6.07, 6.45) is 3.83. The number of anilines is 1. The van der Waals surface area contributed by atoms with Gasteiger partial charge in [0.15, 0.2) is 0 Å². The molecule has 102 valence electrons. The van der Waals surface area contributed by atoms with Gasteiger partial charge in [-0.25, -0.2) is 4.98 Å². The van der Waals surface area contributed by atoms with Gasteiger partial charge in [0.05, 0.1) is 19.2 Å². The molecule has 5 heteroatoms. The van der Waals surface area contributed by atoms with Crippen molar-refractivity contribution in [1.29, 1.82) is 0 Å². The van der Waals surface area contributed by atoms with Crippen LogP contribution in [0.5, 0.6) is 5.88 Å². The lowest BCUT2D eigenvalue weighted by atomic mass is 9.98. The number of benzene rings is 1. The molecule has 3 rings (SSSR count). The summed E-state index contributed by atoms with van der Waals surface area (Å²) in [6, 6.07) is 9.85. The van der Waals surface area contributed by atoms with Crippen molar-refractivity contribution < 1.29 is 9.53 Å². The minimum Gasteiger partial charge on any atom is -0.479 e. The lowest BCUT2D eigenvalue weighted by molar-refractivity contribution is -0.118. The zero-order valence-electron chi connectivity index (χ0n) is 11.2. The molecule has 5 nitrogen and oxygen atoms in total. The molecule has 1 unspecified atom stereocenters. The van der Waals surface area contributed by atoms with Crippen molar-refractivity contribution in [2.75, 3.05) is 18.6 Å². The fourth-order valence-electron chi connectivity index (χ4n) is 2.57. The zero-order chi connectivity index (χ0) is 13.9. The van der Waals surface area contributed by atoms with Gasteiger partial charge in [-0.1, -0.05) is 30.3 Å². The van der Waals surface area contributed by atoms with E-state index in [0.29, 0.717) is 18.1 Å². The lowest BCUT2D eigenvalue weighted by Crippen LogP contribution is -2.27. The van der Waals surface area contributed by atoms with Gasteiger partial charge in [-0.05, 0) is 12.0 Å². The molecule has 1 saturated heterocycles. The zero-order valence-corrected chi connectivity index (χ0v) is 11.2. The molecule has 0 bridgehead atoms. The van der Waals surface area contributed by atoms with Crippen molar-refractivity contribution in [3.05, 3.63) is 48.4 Å². The molecule has 1 aromatic heterocycles. The van der Waals surface area contributed by atoms with Crippen LogP contribution < -0.4 is 9.64 Å². The molecule has 0 spiro atoms. The number of hydrogen-bond donors (Lipinski definition) is 0. The van der Waals surface area contributed by atoms with Gasteiger partial charge in [0.25, 0.3) is 0 Å². The number of aromatic nitrogens is 2. The molecular weight excluding hydrogens is 254 g/mol. The first kappa shape index (κ1) is 12.6. The van der Waals surface area contributed by atoms with Gasteiger partial charge >= 0.3 is 0 Å². The van der Waals surface area contributed by atoms with Crippen molar-refractivity contribution in [3.8, 4) is 5.88 Å². The molecule has 1 aliphatic heterocycles. The van der Waals surface area contributed by atoms with Crippen LogP contribution in [0.3, 0.4) is 0 Å². The second-order valence-electron chi connectivity index (χ2n) is 4.66. The van der Waals surface area contributed by atoms with Crippen LogP contribution in [-0.2, 0) is 4.79 Å². The number of hydrogen-bond acceptors (Lipinski definition) is 4. The average molecular weight is 269 g/mol. The molecule has 0 aliphatic carbocycles. The van der Waals surface area contributed by atoms with Gasteiger partial charge in [-0.2, -0.15) is 4.98 Å². The number of ether oxygens (including phenoxy) is 1. The summed E-state index contributed by atoms with van der Waals surface area (Å²) < 4.78 is 5.20. The molecule has 0 saturated carbocycles. The van der Waals surface area contributed by atoms with Crippen molar-refractivity contribution in [2.24, 2.45) is 0 Å². The van der Waals surface area contributed by atoms with E-state index in [1.54, 1.807) is 18.2 Å². The molecule has 2 heterocycles. The Kier molecular flexibility index (Phi) is 3.33. The molecule has 20 heavy (non-hydrogen) atoms. The van der Waals surface area contributed by atoms with Crippen molar-refractivity contribution in [3.63, 3.8) is 0 Å². The molecule has 0 N–H and O–H groups in total. The van der Waals surface area contributed by atoms with Crippen LogP contribution in [0.4, 0.5) is 5.69 Å². The highest BCUT2D eigenvalue weighted by Crippen LogP contribution is 2.34. The van der Waals surface area contributed by atoms with Crippen LogP contribution in [0.15, 0.2) is 42.9 Å². The quantitative estimate of drug-likeness (QED) is 0.855.